The highest BCUT2D eigenvalue weighted by Crippen LogP contribution is 2.16. The third kappa shape index (κ3) is 1.48. The van der Waals surface area contributed by atoms with Gasteiger partial charge >= 0.3 is 0 Å². The molecule has 0 saturated heterocycles. The first-order chi connectivity index (χ1) is 6.40. The fourth-order valence-electron chi connectivity index (χ4n) is 0.918. The van der Waals surface area contributed by atoms with E-state index in [2.05, 4.69) is 15.0 Å². The number of rotatable bonds is 2. The van der Waals surface area contributed by atoms with Crippen molar-refractivity contribution in [2.24, 2.45) is 0 Å². The van der Waals surface area contributed by atoms with Gasteiger partial charge in [0, 0.05) is 6.07 Å². The van der Waals surface area contributed by atoms with Gasteiger partial charge in [-0.1, -0.05) is 0 Å². The van der Waals surface area contributed by atoms with Crippen LogP contribution in [-0.2, 0) is 0 Å². The minimum atomic E-state index is 0.459. The Labute approximate surface area is 74.4 Å². The van der Waals surface area contributed by atoms with Crippen LogP contribution < -0.4 is 4.74 Å². The second kappa shape index (κ2) is 3.22. The Bertz CT molecular complexity index is 386. The molecule has 5 heteroatoms. The van der Waals surface area contributed by atoms with Gasteiger partial charge in [-0.3, -0.25) is 0 Å². The van der Waals surface area contributed by atoms with Crippen molar-refractivity contribution in [3.63, 3.8) is 0 Å². The van der Waals surface area contributed by atoms with Crippen molar-refractivity contribution in [2.45, 2.75) is 0 Å². The van der Waals surface area contributed by atoms with Crippen LogP contribution >= 0.6 is 0 Å². The molecule has 0 amide bonds. The molecule has 0 spiro atoms. The van der Waals surface area contributed by atoms with Crippen molar-refractivity contribution >= 4 is 0 Å². The normalized spacial score (nSPS) is 9.92. The molecule has 13 heavy (non-hydrogen) atoms. The summed E-state index contributed by atoms with van der Waals surface area (Å²) in [5, 5.41) is 0. The maximum Gasteiger partial charge on any atom is 0.245 e. The summed E-state index contributed by atoms with van der Waals surface area (Å²) >= 11 is 0. The molecule has 66 valence electrons. The Morgan fingerprint density at radius 2 is 2.23 bits per heavy atom. The highest BCUT2D eigenvalue weighted by Gasteiger charge is 2.04. The quantitative estimate of drug-likeness (QED) is 0.688. The molecular weight excluding hydrogens is 170 g/mol. The number of oxazole rings is 1. The Morgan fingerprint density at radius 1 is 1.31 bits per heavy atom. The molecule has 0 aromatic carbocycles. The van der Waals surface area contributed by atoms with Gasteiger partial charge in [-0.25, -0.2) is 15.0 Å². The molecule has 2 aromatic heterocycles. The van der Waals surface area contributed by atoms with Crippen LogP contribution in [0.25, 0.3) is 11.6 Å². The van der Waals surface area contributed by atoms with Crippen molar-refractivity contribution < 1.29 is 9.15 Å². The topological polar surface area (TPSA) is 61.0 Å². The van der Waals surface area contributed by atoms with E-state index in [1.165, 1.54) is 12.6 Å². The molecule has 0 atom stereocenters. The van der Waals surface area contributed by atoms with Gasteiger partial charge in [0.25, 0.3) is 0 Å². The highest BCUT2D eigenvalue weighted by molar-refractivity contribution is 5.47. The number of hydrogen-bond acceptors (Lipinski definition) is 5. The van der Waals surface area contributed by atoms with E-state index >= 15 is 0 Å². The summed E-state index contributed by atoms with van der Waals surface area (Å²) in [6.07, 6.45) is 4.45. The molecule has 0 saturated carbocycles. The van der Waals surface area contributed by atoms with E-state index in [1.54, 1.807) is 19.4 Å². The van der Waals surface area contributed by atoms with Gasteiger partial charge in [-0.2, -0.15) is 0 Å². The van der Waals surface area contributed by atoms with Gasteiger partial charge in [0.2, 0.25) is 11.8 Å². The predicted octanol–water partition coefficient (Wildman–Crippen LogP) is 1.14. The van der Waals surface area contributed by atoms with E-state index in [9.17, 15) is 0 Å². The summed E-state index contributed by atoms with van der Waals surface area (Å²) in [6.45, 7) is 0. The molecule has 0 unspecified atom stereocenters. The first kappa shape index (κ1) is 7.72. The lowest BCUT2D eigenvalue weighted by Gasteiger charge is -1.97. The minimum absolute atomic E-state index is 0.459. The summed E-state index contributed by atoms with van der Waals surface area (Å²) in [5.74, 6) is 0.948. The zero-order valence-corrected chi connectivity index (χ0v) is 6.97. The van der Waals surface area contributed by atoms with Gasteiger partial charge < -0.3 is 9.15 Å². The van der Waals surface area contributed by atoms with Crippen LogP contribution in [-0.4, -0.2) is 22.1 Å². The molecule has 0 aliphatic carbocycles. The van der Waals surface area contributed by atoms with Crippen molar-refractivity contribution in [3.8, 4) is 17.5 Å². The molecule has 2 heterocycles. The number of methoxy groups -OCH3 is 1. The van der Waals surface area contributed by atoms with Crippen LogP contribution in [0.3, 0.4) is 0 Å². The van der Waals surface area contributed by atoms with Gasteiger partial charge in [0.05, 0.1) is 13.3 Å². The molecule has 0 radical (unpaired) electrons. The van der Waals surface area contributed by atoms with Gasteiger partial charge in [0.1, 0.15) is 18.3 Å². The Hall–Kier alpha value is -1.91. The molecule has 0 bridgehead atoms. The van der Waals surface area contributed by atoms with Gasteiger partial charge in [-0.15, -0.1) is 0 Å². The molecule has 0 aliphatic heterocycles. The third-order valence-electron chi connectivity index (χ3n) is 1.50. The average Bonchev–Trinajstić information content (AvgIpc) is 2.71. The van der Waals surface area contributed by atoms with Crippen LogP contribution in [0.15, 0.2) is 29.3 Å². The van der Waals surface area contributed by atoms with Crippen molar-refractivity contribution in [1.82, 2.24) is 15.0 Å². The van der Waals surface area contributed by atoms with E-state index in [0.29, 0.717) is 17.5 Å². The van der Waals surface area contributed by atoms with Crippen LogP contribution in [0.5, 0.6) is 5.88 Å². The largest absolute Gasteiger partial charge is 0.481 e. The van der Waals surface area contributed by atoms with E-state index < -0.39 is 0 Å². The first-order valence-corrected chi connectivity index (χ1v) is 3.66. The van der Waals surface area contributed by atoms with E-state index in [-0.39, 0.29) is 0 Å². The predicted molar refractivity (Wildman–Crippen MR) is 44.1 cm³/mol. The summed E-state index contributed by atoms with van der Waals surface area (Å²) < 4.78 is 9.99. The van der Waals surface area contributed by atoms with Crippen LogP contribution in [0, 0.1) is 0 Å². The number of hydrogen-bond donors (Lipinski definition) is 0. The van der Waals surface area contributed by atoms with Crippen molar-refractivity contribution in [2.75, 3.05) is 7.11 Å². The molecule has 2 rings (SSSR count). The third-order valence-corrected chi connectivity index (χ3v) is 1.50. The Morgan fingerprint density at radius 3 is 2.92 bits per heavy atom. The highest BCUT2D eigenvalue weighted by atomic mass is 16.5. The van der Waals surface area contributed by atoms with Crippen LogP contribution in [0.1, 0.15) is 0 Å². The van der Waals surface area contributed by atoms with E-state index in [0.717, 1.165) is 0 Å². The summed E-state index contributed by atoms with van der Waals surface area (Å²) in [6, 6.07) is 1.66. The molecule has 0 fully saturated rings. The number of nitrogens with zero attached hydrogens (tertiary/aromatic N) is 3. The van der Waals surface area contributed by atoms with Crippen molar-refractivity contribution in [1.29, 1.82) is 0 Å². The number of ether oxygens (including phenoxy) is 1. The number of aromatic nitrogens is 3. The maximum absolute atomic E-state index is 5.06. The smallest absolute Gasteiger partial charge is 0.245 e. The lowest BCUT2D eigenvalue weighted by molar-refractivity contribution is 0.396. The zero-order chi connectivity index (χ0) is 9.10. The fourth-order valence-corrected chi connectivity index (χ4v) is 0.918. The summed E-state index contributed by atoms with van der Waals surface area (Å²) in [7, 11) is 1.54. The molecule has 2 aromatic rings. The molecule has 0 aliphatic rings. The van der Waals surface area contributed by atoms with Crippen LogP contribution in [0.2, 0.25) is 0 Å². The molecule has 0 N–H and O–H groups in total. The first-order valence-electron chi connectivity index (χ1n) is 3.66. The summed E-state index contributed by atoms with van der Waals surface area (Å²) in [5.41, 5.74) is 0.608. The van der Waals surface area contributed by atoms with Crippen LogP contribution in [0.4, 0.5) is 0 Å². The fraction of sp³-hybridized carbons (Fsp3) is 0.125. The monoisotopic (exact) mass is 177 g/mol. The SMILES string of the molecule is COc1cc(-c2ncco2)ncn1. The average molecular weight is 177 g/mol. The standard InChI is InChI=1S/C8H7N3O2/c1-12-7-4-6(10-5-11-7)8-9-2-3-13-8/h2-5H,1H3. The van der Waals surface area contributed by atoms with Gasteiger partial charge in [0.15, 0.2) is 0 Å². The van der Waals surface area contributed by atoms with Gasteiger partial charge in [-0.05, 0) is 0 Å². The van der Waals surface area contributed by atoms with E-state index in [1.807, 2.05) is 0 Å². The molecular formula is C8H7N3O2. The minimum Gasteiger partial charge on any atom is -0.481 e. The second-order valence-corrected chi connectivity index (χ2v) is 2.28. The lowest BCUT2D eigenvalue weighted by Crippen LogP contribution is -1.90. The Balaban J connectivity index is 2.41. The second-order valence-electron chi connectivity index (χ2n) is 2.28. The lowest BCUT2D eigenvalue weighted by atomic mass is 10.4. The maximum atomic E-state index is 5.06. The van der Waals surface area contributed by atoms with E-state index in [4.69, 9.17) is 9.15 Å². The summed E-state index contributed by atoms with van der Waals surface area (Å²) in [4.78, 5) is 11.8. The molecule has 5 nitrogen and oxygen atoms in total. The van der Waals surface area contributed by atoms with Crippen molar-refractivity contribution in [3.05, 3.63) is 24.9 Å². The Kier molecular flexibility index (Phi) is 1.91. The zero-order valence-electron chi connectivity index (χ0n) is 6.97.